The third kappa shape index (κ3) is 7.95. The fourth-order valence-corrected chi connectivity index (χ4v) is 3.22. The van der Waals surface area contributed by atoms with E-state index in [-0.39, 0.29) is 6.03 Å². The lowest BCUT2D eigenvalue weighted by Gasteiger charge is -2.11. The minimum absolute atomic E-state index is 0.233. The Kier molecular flexibility index (Phi) is 8.74. The molecule has 0 aliphatic heterocycles. The van der Waals surface area contributed by atoms with Gasteiger partial charge >= 0.3 is 6.03 Å². The molecule has 0 atom stereocenters. The van der Waals surface area contributed by atoms with Crippen molar-refractivity contribution in [1.29, 1.82) is 0 Å². The Morgan fingerprint density at radius 3 is 2.61 bits per heavy atom. The lowest BCUT2D eigenvalue weighted by molar-refractivity contribution is 0.250. The number of urea groups is 1. The fraction of sp³-hybridized carbons (Fsp3) is 0.318. The van der Waals surface area contributed by atoms with Gasteiger partial charge in [-0.25, -0.2) is 4.79 Å². The van der Waals surface area contributed by atoms with Crippen LogP contribution in [0.4, 0.5) is 10.5 Å². The van der Waals surface area contributed by atoms with Crippen molar-refractivity contribution in [3.8, 4) is 17.2 Å². The molecule has 1 heterocycles. The van der Waals surface area contributed by atoms with E-state index in [1.807, 2.05) is 61.5 Å². The second-order valence-electron chi connectivity index (χ2n) is 6.98. The molecular weight excluding hydrogens is 414 g/mol. The summed E-state index contributed by atoms with van der Waals surface area (Å²) < 4.78 is 11.4. The Hall–Kier alpha value is -3.04. The molecule has 0 spiro atoms. The summed E-state index contributed by atoms with van der Waals surface area (Å²) in [6.45, 7) is 1.98. The molecule has 0 bridgehead atoms. The molecule has 3 aromatic rings. The van der Waals surface area contributed by atoms with Gasteiger partial charge in [-0.1, -0.05) is 18.2 Å². The summed E-state index contributed by atoms with van der Waals surface area (Å²) in [6, 6.07) is 16.8. The van der Waals surface area contributed by atoms with Gasteiger partial charge in [-0.15, -0.1) is 22.0 Å². The molecule has 2 N–H and O–H groups in total. The highest BCUT2D eigenvalue weighted by Crippen LogP contribution is 2.22. The Morgan fingerprint density at radius 1 is 1.10 bits per heavy atom. The molecule has 0 aliphatic carbocycles. The number of nitrogens with one attached hydrogen (secondary N) is 2. The van der Waals surface area contributed by atoms with E-state index in [0.717, 1.165) is 23.6 Å². The number of benzene rings is 2. The normalized spacial score (nSPS) is 10.8. The summed E-state index contributed by atoms with van der Waals surface area (Å²) in [6.07, 6.45) is 0. The van der Waals surface area contributed by atoms with Gasteiger partial charge in [0.05, 0.1) is 12.4 Å². The number of carbonyl (C=O) groups excluding carboxylic acids is 1. The number of amides is 2. The molecule has 0 fully saturated rings. The van der Waals surface area contributed by atoms with E-state index in [4.69, 9.17) is 9.15 Å². The van der Waals surface area contributed by atoms with Crippen molar-refractivity contribution >= 4 is 23.5 Å². The first-order valence-electron chi connectivity index (χ1n) is 9.98. The maximum absolute atomic E-state index is 11.9. The number of rotatable bonds is 11. The highest BCUT2D eigenvalue weighted by molar-refractivity contribution is 7.98. The highest BCUT2D eigenvalue weighted by atomic mass is 32.2. The first-order valence-corrected chi connectivity index (χ1v) is 11.1. The first kappa shape index (κ1) is 22.6. The lowest BCUT2D eigenvalue weighted by Crippen LogP contribution is -2.34. The zero-order chi connectivity index (χ0) is 21.9. The van der Waals surface area contributed by atoms with Gasteiger partial charge in [0.2, 0.25) is 11.8 Å². The molecule has 164 valence electrons. The van der Waals surface area contributed by atoms with Crippen LogP contribution in [0.1, 0.15) is 5.89 Å². The summed E-state index contributed by atoms with van der Waals surface area (Å²) in [5.41, 5.74) is 1.49. The quantitative estimate of drug-likeness (QED) is 0.438. The molecule has 8 nitrogen and oxygen atoms in total. The zero-order valence-electron chi connectivity index (χ0n) is 17.7. The fourth-order valence-electron chi connectivity index (χ4n) is 2.59. The van der Waals surface area contributed by atoms with Crippen LogP contribution in [0.15, 0.2) is 59.0 Å². The SMILES string of the molecule is CN(C)CCNC(=O)Nc1ccc(-c2nnc(CSCCOc3ccccc3)o2)cc1. The summed E-state index contributed by atoms with van der Waals surface area (Å²) in [5, 5.41) is 13.8. The molecule has 0 unspecified atom stereocenters. The summed E-state index contributed by atoms with van der Waals surface area (Å²) in [4.78, 5) is 13.9. The van der Waals surface area contributed by atoms with Crippen LogP contribution in [0.2, 0.25) is 0 Å². The molecular formula is C22H27N5O3S. The number of ether oxygens (including phenoxy) is 1. The monoisotopic (exact) mass is 441 g/mol. The van der Waals surface area contributed by atoms with Gasteiger partial charge in [-0.3, -0.25) is 0 Å². The number of para-hydroxylation sites is 1. The third-order valence-electron chi connectivity index (χ3n) is 4.17. The van der Waals surface area contributed by atoms with Crippen molar-refractivity contribution in [3.63, 3.8) is 0 Å². The molecule has 0 aliphatic rings. The summed E-state index contributed by atoms with van der Waals surface area (Å²) >= 11 is 1.67. The molecule has 2 amide bonds. The van der Waals surface area contributed by atoms with Crippen LogP contribution < -0.4 is 15.4 Å². The van der Waals surface area contributed by atoms with Gasteiger partial charge < -0.3 is 24.7 Å². The van der Waals surface area contributed by atoms with Crippen LogP contribution in [0.5, 0.6) is 5.75 Å². The minimum atomic E-state index is -0.233. The lowest BCUT2D eigenvalue weighted by atomic mass is 10.2. The average molecular weight is 442 g/mol. The van der Waals surface area contributed by atoms with Crippen LogP contribution in [0, 0.1) is 0 Å². The number of aromatic nitrogens is 2. The number of thioether (sulfide) groups is 1. The van der Waals surface area contributed by atoms with Gasteiger partial charge in [-0.05, 0) is 50.5 Å². The number of nitrogens with zero attached hydrogens (tertiary/aromatic N) is 3. The summed E-state index contributed by atoms with van der Waals surface area (Å²) in [5.74, 6) is 3.34. The van der Waals surface area contributed by atoms with E-state index in [2.05, 4.69) is 20.8 Å². The third-order valence-corrected chi connectivity index (χ3v) is 5.07. The first-order chi connectivity index (χ1) is 15.1. The smallest absolute Gasteiger partial charge is 0.319 e. The molecule has 31 heavy (non-hydrogen) atoms. The van der Waals surface area contributed by atoms with Gasteiger partial charge in [0.1, 0.15) is 5.75 Å². The molecule has 3 rings (SSSR count). The molecule has 2 aromatic carbocycles. The predicted molar refractivity (Wildman–Crippen MR) is 123 cm³/mol. The van der Waals surface area contributed by atoms with Crippen LogP contribution in [0.25, 0.3) is 11.5 Å². The molecule has 0 saturated carbocycles. The zero-order valence-corrected chi connectivity index (χ0v) is 18.5. The van der Waals surface area contributed by atoms with E-state index < -0.39 is 0 Å². The number of hydrogen-bond acceptors (Lipinski definition) is 7. The molecule has 0 saturated heterocycles. The van der Waals surface area contributed by atoms with E-state index in [1.54, 1.807) is 23.9 Å². The van der Waals surface area contributed by atoms with Gasteiger partial charge in [0, 0.05) is 30.1 Å². The van der Waals surface area contributed by atoms with Gasteiger partial charge in [0.15, 0.2) is 0 Å². The Morgan fingerprint density at radius 2 is 1.87 bits per heavy atom. The number of likely N-dealkylation sites (N-methyl/N-ethyl adjacent to an activating group) is 1. The van der Waals surface area contributed by atoms with Gasteiger partial charge in [-0.2, -0.15) is 0 Å². The maximum Gasteiger partial charge on any atom is 0.319 e. The average Bonchev–Trinajstić information content (AvgIpc) is 3.23. The second-order valence-corrected chi connectivity index (χ2v) is 8.08. The minimum Gasteiger partial charge on any atom is -0.493 e. The van der Waals surface area contributed by atoms with Crippen molar-refractivity contribution in [2.24, 2.45) is 0 Å². The van der Waals surface area contributed by atoms with Crippen LogP contribution in [0.3, 0.4) is 0 Å². The number of anilines is 1. The predicted octanol–water partition coefficient (Wildman–Crippen LogP) is 3.73. The summed E-state index contributed by atoms with van der Waals surface area (Å²) in [7, 11) is 3.92. The Labute approximate surface area is 186 Å². The van der Waals surface area contributed by atoms with Crippen molar-refractivity contribution in [2.45, 2.75) is 5.75 Å². The van der Waals surface area contributed by atoms with Crippen LogP contribution in [-0.2, 0) is 5.75 Å². The highest BCUT2D eigenvalue weighted by Gasteiger charge is 2.09. The molecule has 1 aromatic heterocycles. The Balaban J connectivity index is 1.40. The van der Waals surface area contributed by atoms with Crippen molar-refractivity contribution in [3.05, 3.63) is 60.5 Å². The van der Waals surface area contributed by atoms with Crippen LogP contribution >= 0.6 is 11.8 Å². The van der Waals surface area contributed by atoms with Crippen molar-refractivity contribution in [2.75, 3.05) is 44.9 Å². The largest absolute Gasteiger partial charge is 0.493 e. The van der Waals surface area contributed by atoms with E-state index in [9.17, 15) is 4.79 Å². The molecule has 9 heteroatoms. The van der Waals surface area contributed by atoms with Crippen molar-refractivity contribution < 1.29 is 13.9 Å². The number of hydrogen-bond donors (Lipinski definition) is 2. The number of carbonyl (C=O) groups is 1. The van der Waals surface area contributed by atoms with Gasteiger partial charge in [0.25, 0.3) is 0 Å². The van der Waals surface area contributed by atoms with E-state index in [1.165, 1.54) is 0 Å². The van der Waals surface area contributed by atoms with Crippen molar-refractivity contribution in [1.82, 2.24) is 20.4 Å². The Bertz CT molecular complexity index is 932. The topological polar surface area (TPSA) is 92.5 Å². The second kappa shape index (κ2) is 12.0. The van der Waals surface area contributed by atoms with E-state index >= 15 is 0 Å². The van der Waals surface area contributed by atoms with Crippen LogP contribution in [-0.4, -0.2) is 60.7 Å². The standard InChI is InChI=1S/C22H27N5O3S/c1-27(2)13-12-23-22(28)24-18-10-8-17(9-11-18)21-26-25-20(30-21)16-31-15-14-29-19-6-4-3-5-7-19/h3-11H,12-16H2,1-2H3,(H2,23,24,28). The maximum atomic E-state index is 11.9. The molecule has 0 radical (unpaired) electrons. The van der Waals surface area contributed by atoms with E-state index in [0.29, 0.717) is 36.4 Å².